The first-order valence-electron chi connectivity index (χ1n) is 6.01. The SMILES string of the molecule is O=C(O)NCC1(Nc2nc(Cl)ncc2I)CCOCC1. The number of ether oxygens (including phenoxy) is 1. The number of amides is 1. The predicted octanol–water partition coefficient (Wildman–Crippen LogP) is 1.96. The molecule has 1 aliphatic rings. The largest absolute Gasteiger partial charge is 0.465 e. The Bertz CT molecular complexity index is 497. The Morgan fingerprint density at radius 2 is 2.25 bits per heavy atom. The van der Waals surface area contributed by atoms with Crippen molar-refractivity contribution in [2.24, 2.45) is 0 Å². The first kappa shape index (κ1) is 15.5. The van der Waals surface area contributed by atoms with Crippen LogP contribution in [0.4, 0.5) is 10.6 Å². The molecular formula is C11H14ClIN4O3. The maximum Gasteiger partial charge on any atom is 0.404 e. The van der Waals surface area contributed by atoms with Crippen LogP contribution in [0.2, 0.25) is 5.28 Å². The maximum atomic E-state index is 10.7. The fourth-order valence-corrected chi connectivity index (χ4v) is 2.57. The van der Waals surface area contributed by atoms with Crippen LogP contribution in [0.1, 0.15) is 12.8 Å². The highest BCUT2D eigenvalue weighted by molar-refractivity contribution is 14.1. The van der Waals surface area contributed by atoms with Gasteiger partial charge in [-0.05, 0) is 47.0 Å². The molecule has 0 unspecified atom stereocenters. The Morgan fingerprint density at radius 1 is 1.55 bits per heavy atom. The average Bonchev–Trinajstić information content (AvgIpc) is 2.42. The van der Waals surface area contributed by atoms with Crippen molar-refractivity contribution >= 4 is 46.1 Å². The lowest BCUT2D eigenvalue weighted by molar-refractivity contribution is 0.0598. The minimum atomic E-state index is -1.05. The van der Waals surface area contributed by atoms with Crippen molar-refractivity contribution in [2.75, 3.05) is 25.1 Å². The Morgan fingerprint density at radius 3 is 2.90 bits per heavy atom. The summed E-state index contributed by atoms with van der Waals surface area (Å²) in [6.07, 6.45) is 1.94. The summed E-state index contributed by atoms with van der Waals surface area (Å²) in [5, 5.41) is 14.7. The third-order valence-electron chi connectivity index (χ3n) is 3.13. The van der Waals surface area contributed by atoms with Gasteiger partial charge in [-0.25, -0.2) is 9.78 Å². The van der Waals surface area contributed by atoms with E-state index in [1.807, 2.05) is 0 Å². The third-order valence-corrected chi connectivity index (χ3v) is 4.10. The molecule has 0 radical (unpaired) electrons. The van der Waals surface area contributed by atoms with E-state index < -0.39 is 11.6 Å². The molecule has 2 rings (SSSR count). The lowest BCUT2D eigenvalue weighted by Crippen LogP contribution is -2.52. The van der Waals surface area contributed by atoms with E-state index in [1.54, 1.807) is 6.20 Å². The number of halogens is 2. The fourth-order valence-electron chi connectivity index (χ4n) is 2.04. The van der Waals surface area contributed by atoms with Crippen LogP contribution in [0.25, 0.3) is 0 Å². The van der Waals surface area contributed by atoms with Crippen LogP contribution >= 0.6 is 34.2 Å². The molecule has 1 aliphatic heterocycles. The smallest absolute Gasteiger partial charge is 0.404 e. The first-order chi connectivity index (χ1) is 9.51. The number of carboxylic acid groups (broad SMARTS) is 1. The van der Waals surface area contributed by atoms with Crippen LogP contribution in [0.5, 0.6) is 0 Å². The van der Waals surface area contributed by atoms with Crippen molar-refractivity contribution in [2.45, 2.75) is 18.4 Å². The summed E-state index contributed by atoms with van der Waals surface area (Å²) in [6.45, 7) is 1.43. The van der Waals surface area contributed by atoms with Crippen molar-refractivity contribution in [3.63, 3.8) is 0 Å². The van der Waals surface area contributed by atoms with Gasteiger partial charge in [0.15, 0.2) is 0 Å². The molecule has 110 valence electrons. The topological polar surface area (TPSA) is 96.4 Å². The Hall–Kier alpha value is -0.870. The molecule has 0 saturated carbocycles. The zero-order valence-corrected chi connectivity index (χ0v) is 13.4. The normalized spacial score (nSPS) is 17.5. The number of hydrogen-bond acceptors (Lipinski definition) is 5. The Kier molecular flexibility index (Phi) is 5.22. The van der Waals surface area contributed by atoms with Crippen molar-refractivity contribution < 1.29 is 14.6 Å². The van der Waals surface area contributed by atoms with Gasteiger partial charge in [-0.15, -0.1) is 0 Å². The maximum absolute atomic E-state index is 10.7. The van der Waals surface area contributed by atoms with Gasteiger partial charge in [0.2, 0.25) is 5.28 Å². The number of hydrogen-bond donors (Lipinski definition) is 3. The molecule has 3 N–H and O–H groups in total. The quantitative estimate of drug-likeness (QED) is 0.517. The second kappa shape index (κ2) is 6.72. The van der Waals surface area contributed by atoms with Gasteiger partial charge in [-0.2, -0.15) is 4.98 Å². The van der Waals surface area contributed by atoms with Crippen molar-refractivity contribution in [3.05, 3.63) is 15.1 Å². The van der Waals surface area contributed by atoms with Gasteiger partial charge in [0, 0.05) is 26.0 Å². The second-order valence-corrected chi connectivity index (χ2v) is 6.01. The molecule has 0 aliphatic carbocycles. The minimum Gasteiger partial charge on any atom is -0.465 e. The van der Waals surface area contributed by atoms with E-state index in [4.69, 9.17) is 21.4 Å². The Balaban J connectivity index is 2.18. The molecule has 7 nitrogen and oxygen atoms in total. The van der Waals surface area contributed by atoms with Crippen LogP contribution < -0.4 is 10.6 Å². The summed E-state index contributed by atoms with van der Waals surface area (Å²) in [5.41, 5.74) is -0.422. The third kappa shape index (κ3) is 4.06. The standard InChI is InChI=1S/C11H14ClIN4O3/c12-9-14-5-7(13)8(16-9)17-11(6-15-10(18)19)1-3-20-4-2-11/h5,15H,1-4,6H2,(H,18,19)(H,14,16,17). The van der Waals surface area contributed by atoms with Crippen molar-refractivity contribution in [3.8, 4) is 0 Å². The molecule has 1 saturated heterocycles. The number of nitrogens with one attached hydrogen (secondary N) is 2. The second-order valence-electron chi connectivity index (χ2n) is 4.51. The zero-order chi connectivity index (χ0) is 14.6. The lowest BCUT2D eigenvalue weighted by atomic mass is 9.90. The van der Waals surface area contributed by atoms with Gasteiger partial charge in [0.1, 0.15) is 5.82 Å². The van der Waals surface area contributed by atoms with Crippen LogP contribution in [0.3, 0.4) is 0 Å². The summed E-state index contributed by atoms with van der Waals surface area (Å²) in [4.78, 5) is 18.8. The van der Waals surface area contributed by atoms with Gasteiger partial charge in [0.05, 0.1) is 9.11 Å². The number of anilines is 1. The van der Waals surface area contributed by atoms with Gasteiger partial charge in [-0.3, -0.25) is 0 Å². The molecule has 0 atom stereocenters. The fraction of sp³-hybridized carbons (Fsp3) is 0.545. The average molecular weight is 413 g/mol. The number of aromatic nitrogens is 2. The zero-order valence-electron chi connectivity index (χ0n) is 10.5. The van der Waals surface area contributed by atoms with E-state index in [1.165, 1.54) is 0 Å². The molecule has 1 aromatic rings. The molecule has 20 heavy (non-hydrogen) atoms. The van der Waals surface area contributed by atoms with Crippen molar-refractivity contribution in [1.29, 1.82) is 0 Å². The highest BCUT2D eigenvalue weighted by Gasteiger charge is 2.34. The van der Waals surface area contributed by atoms with Crippen LogP contribution in [0.15, 0.2) is 6.20 Å². The lowest BCUT2D eigenvalue weighted by Gasteiger charge is -2.38. The molecule has 1 fully saturated rings. The van der Waals surface area contributed by atoms with E-state index in [0.717, 1.165) is 3.57 Å². The van der Waals surface area contributed by atoms with E-state index in [2.05, 4.69) is 43.2 Å². The van der Waals surface area contributed by atoms with Crippen molar-refractivity contribution in [1.82, 2.24) is 15.3 Å². The van der Waals surface area contributed by atoms with Crippen LogP contribution in [0, 0.1) is 3.57 Å². The number of rotatable bonds is 4. The summed E-state index contributed by atoms with van der Waals surface area (Å²) in [5.74, 6) is 0.611. The van der Waals surface area contributed by atoms with Gasteiger partial charge < -0.3 is 20.5 Å². The summed E-state index contributed by atoms with van der Waals surface area (Å²) in [6, 6.07) is 0. The van der Waals surface area contributed by atoms with Gasteiger partial charge in [0.25, 0.3) is 0 Å². The molecule has 9 heteroatoms. The molecule has 0 aromatic carbocycles. The molecule has 1 amide bonds. The molecular weight excluding hydrogens is 399 g/mol. The number of carbonyl (C=O) groups is 1. The summed E-state index contributed by atoms with van der Waals surface area (Å²) < 4.78 is 6.17. The highest BCUT2D eigenvalue weighted by Crippen LogP contribution is 2.27. The first-order valence-corrected chi connectivity index (χ1v) is 7.47. The van der Waals surface area contributed by atoms with Crippen LogP contribution in [-0.2, 0) is 4.74 Å². The highest BCUT2D eigenvalue weighted by atomic mass is 127. The molecule has 0 bridgehead atoms. The van der Waals surface area contributed by atoms with E-state index in [-0.39, 0.29) is 11.8 Å². The van der Waals surface area contributed by atoms with E-state index in [9.17, 15) is 4.79 Å². The monoisotopic (exact) mass is 412 g/mol. The van der Waals surface area contributed by atoms with Crippen LogP contribution in [-0.4, -0.2) is 46.5 Å². The van der Waals surface area contributed by atoms with Gasteiger partial charge >= 0.3 is 6.09 Å². The molecule has 0 spiro atoms. The molecule has 2 heterocycles. The van der Waals surface area contributed by atoms with E-state index in [0.29, 0.717) is 31.9 Å². The Labute approximate surface area is 134 Å². The van der Waals surface area contributed by atoms with Gasteiger partial charge in [-0.1, -0.05) is 0 Å². The minimum absolute atomic E-state index is 0.154. The predicted molar refractivity (Wildman–Crippen MR) is 82.2 cm³/mol. The number of nitrogens with zero attached hydrogens (tertiary/aromatic N) is 2. The summed E-state index contributed by atoms with van der Waals surface area (Å²) >= 11 is 7.91. The van der Waals surface area contributed by atoms with E-state index >= 15 is 0 Å². The summed E-state index contributed by atoms with van der Waals surface area (Å²) in [7, 11) is 0. The molecule has 1 aromatic heterocycles.